The molecule has 0 aromatic rings. The van der Waals surface area contributed by atoms with Gasteiger partial charge >= 0.3 is 7.60 Å². The second kappa shape index (κ2) is 28.7. The van der Waals surface area contributed by atoms with Crippen molar-refractivity contribution < 1.29 is 23.9 Å². The first-order valence-corrected chi connectivity index (χ1v) is 20.0. The molecule has 0 fully saturated rings. The van der Waals surface area contributed by atoms with Crippen molar-refractivity contribution in [3.63, 3.8) is 0 Å². The van der Waals surface area contributed by atoms with E-state index in [2.05, 4.69) is 29.8 Å². The van der Waals surface area contributed by atoms with Crippen molar-refractivity contribution in [2.75, 3.05) is 0 Å². The van der Waals surface area contributed by atoms with Crippen molar-refractivity contribution >= 4 is 35.1 Å². The third-order valence-electron chi connectivity index (χ3n) is 8.15. The van der Waals surface area contributed by atoms with E-state index in [9.17, 15) is 23.9 Å². The van der Waals surface area contributed by atoms with Crippen molar-refractivity contribution in [3.8, 4) is 0 Å². The van der Waals surface area contributed by atoms with E-state index in [1.165, 1.54) is 116 Å². The Morgan fingerprint density at radius 3 is 0.927 bits per heavy atom. The summed E-state index contributed by atoms with van der Waals surface area (Å²) in [6.45, 7) is 4.49. The lowest BCUT2D eigenvalue weighted by atomic mass is 9.93. The highest BCUT2D eigenvalue weighted by Gasteiger charge is 2.42. The molecule has 41 heavy (non-hydrogen) atoms. The number of alkyl halides is 1. The Morgan fingerprint density at radius 1 is 0.488 bits per heavy atom. The highest BCUT2D eigenvalue weighted by atomic mass is 79.9. The van der Waals surface area contributed by atoms with Crippen molar-refractivity contribution in [2.24, 2.45) is 0 Å². The zero-order valence-electron chi connectivity index (χ0n) is 26.8. The van der Waals surface area contributed by atoms with Crippen LogP contribution in [-0.2, 0) is 14.2 Å². The predicted molar refractivity (Wildman–Crippen MR) is 179 cm³/mol. The summed E-state index contributed by atoms with van der Waals surface area (Å²) in [7, 11) is -4.63. The standard InChI is InChI=1S/C34H65BrO5P/c1-3-5-7-9-11-13-15-17-19-21-23-25-27-29-31(36)33(34(35)41(38,39)40)32(37)30-28-26-24-22-20-18-16-14-12-10-8-6-4-2/h34H,3-30H2,1-2H3,(H2,38,39,40). The average Bonchev–Trinajstić information content (AvgIpc) is 2.93. The van der Waals surface area contributed by atoms with Crippen LogP contribution in [0.25, 0.3) is 0 Å². The topological polar surface area (TPSA) is 91.7 Å². The Labute approximate surface area is 262 Å². The van der Waals surface area contributed by atoms with Crippen molar-refractivity contribution in [2.45, 2.75) is 198 Å². The van der Waals surface area contributed by atoms with Gasteiger partial charge in [0.1, 0.15) is 22.1 Å². The molecule has 243 valence electrons. The van der Waals surface area contributed by atoms with Gasteiger partial charge in [0.05, 0.1) is 0 Å². The minimum Gasteiger partial charge on any atom is -0.324 e. The molecule has 0 saturated carbocycles. The molecule has 0 rings (SSSR count). The van der Waals surface area contributed by atoms with Crippen LogP contribution in [0.5, 0.6) is 0 Å². The average molecular weight is 665 g/mol. The molecule has 1 unspecified atom stereocenters. The van der Waals surface area contributed by atoms with Gasteiger partial charge in [0.2, 0.25) is 0 Å². The maximum Gasteiger partial charge on any atom is 0.340 e. The number of hydrogen-bond acceptors (Lipinski definition) is 3. The Hall–Kier alpha value is -0.0300. The van der Waals surface area contributed by atoms with Crippen LogP contribution in [-0.4, -0.2) is 25.9 Å². The van der Waals surface area contributed by atoms with Crippen LogP contribution in [0, 0.1) is 5.92 Å². The van der Waals surface area contributed by atoms with E-state index in [4.69, 9.17) is 0 Å². The van der Waals surface area contributed by atoms with E-state index in [1.54, 1.807) is 0 Å². The van der Waals surface area contributed by atoms with Crippen LogP contribution in [0.1, 0.15) is 194 Å². The summed E-state index contributed by atoms with van der Waals surface area (Å²) in [5.74, 6) is -1.04. The summed E-state index contributed by atoms with van der Waals surface area (Å²) in [6.07, 6.45) is 31.6. The van der Waals surface area contributed by atoms with Gasteiger partial charge in [-0.05, 0) is 12.8 Å². The quantitative estimate of drug-likeness (QED) is 0.0323. The van der Waals surface area contributed by atoms with Crippen molar-refractivity contribution in [3.05, 3.63) is 5.92 Å². The molecule has 0 aliphatic heterocycles. The number of rotatable bonds is 32. The van der Waals surface area contributed by atoms with Gasteiger partial charge in [-0.3, -0.25) is 14.2 Å². The Bertz CT molecular complexity index is 624. The molecule has 0 aliphatic rings. The molecule has 1 atom stereocenters. The highest BCUT2D eigenvalue weighted by Crippen LogP contribution is 2.50. The molecule has 0 aromatic heterocycles. The number of hydrogen-bond donors (Lipinski definition) is 2. The van der Waals surface area contributed by atoms with Gasteiger partial charge in [0, 0.05) is 12.8 Å². The van der Waals surface area contributed by atoms with Crippen LogP contribution in [0.3, 0.4) is 0 Å². The SMILES string of the molecule is CCCCCCCCCCCCCCCC(=O)[C](C(=O)CCCCCCCCCCCCCCC)C(Br)P(=O)(O)O. The van der Waals surface area contributed by atoms with Crippen LogP contribution in [0.2, 0.25) is 0 Å². The summed E-state index contributed by atoms with van der Waals surface area (Å²) in [6, 6.07) is 0. The highest BCUT2D eigenvalue weighted by molar-refractivity contribution is 9.10. The van der Waals surface area contributed by atoms with Crippen LogP contribution >= 0.6 is 23.5 Å². The number of unbranched alkanes of at least 4 members (excludes halogenated alkanes) is 24. The van der Waals surface area contributed by atoms with E-state index in [0.29, 0.717) is 12.8 Å². The summed E-state index contributed by atoms with van der Waals surface area (Å²) >= 11 is 2.99. The molecule has 1 radical (unpaired) electrons. The van der Waals surface area contributed by atoms with Crippen molar-refractivity contribution in [1.29, 1.82) is 0 Å². The molecular formula is C34H65BrO5P. The van der Waals surface area contributed by atoms with E-state index in [-0.39, 0.29) is 18.8 Å². The van der Waals surface area contributed by atoms with Crippen molar-refractivity contribution in [1.82, 2.24) is 0 Å². The first kappa shape index (κ1) is 41.0. The number of carbonyl (C=O) groups is 2. The third-order valence-corrected chi connectivity index (χ3v) is 11.1. The molecule has 0 aromatic carbocycles. The van der Waals surface area contributed by atoms with Gasteiger partial charge in [0.15, 0.2) is 0 Å². The largest absolute Gasteiger partial charge is 0.340 e. The fourth-order valence-electron chi connectivity index (χ4n) is 5.47. The zero-order valence-corrected chi connectivity index (χ0v) is 29.3. The van der Waals surface area contributed by atoms with Gasteiger partial charge < -0.3 is 9.79 Å². The molecule has 5 nitrogen and oxygen atoms in total. The van der Waals surface area contributed by atoms with E-state index < -0.39 is 23.7 Å². The molecule has 0 amide bonds. The summed E-state index contributed by atoms with van der Waals surface area (Å²) in [4.78, 5) is 45.1. The lowest BCUT2D eigenvalue weighted by Gasteiger charge is -2.20. The lowest BCUT2D eigenvalue weighted by molar-refractivity contribution is -0.124. The van der Waals surface area contributed by atoms with Gasteiger partial charge in [-0.1, -0.05) is 184 Å². The lowest BCUT2D eigenvalue weighted by Crippen LogP contribution is -2.30. The molecule has 7 heteroatoms. The number of halogens is 1. The first-order valence-electron chi connectivity index (χ1n) is 17.4. The maximum atomic E-state index is 12.9. The van der Waals surface area contributed by atoms with E-state index in [1.807, 2.05) is 0 Å². The van der Waals surface area contributed by atoms with Crippen LogP contribution < -0.4 is 0 Å². The molecule has 0 heterocycles. The van der Waals surface area contributed by atoms with E-state index >= 15 is 0 Å². The first-order chi connectivity index (χ1) is 19.8. The third kappa shape index (κ3) is 25.0. The minimum atomic E-state index is -4.63. The second-order valence-electron chi connectivity index (χ2n) is 12.2. The molecule has 0 spiro atoms. The minimum absolute atomic E-state index is 0.180. The summed E-state index contributed by atoms with van der Waals surface area (Å²) in [5.41, 5.74) is 0. The smallest absolute Gasteiger partial charge is 0.324 e. The van der Waals surface area contributed by atoms with Crippen LogP contribution in [0.15, 0.2) is 0 Å². The van der Waals surface area contributed by atoms with Gasteiger partial charge in [0.25, 0.3) is 0 Å². The normalized spacial score (nSPS) is 12.7. The monoisotopic (exact) mass is 663 g/mol. The predicted octanol–water partition coefficient (Wildman–Crippen LogP) is 11.6. The number of ketones is 2. The second-order valence-corrected chi connectivity index (χ2v) is 15.5. The van der Waals surface area contributed by atoms with Crippen LogP contribution in [0.4, 0.5) is 0 Å². The number of carbonyl (C=O) groups excluding carboxylic acids is 2. The van der Waals surface area contributed by atoms with Gasteiger partial charge in [-0.25, -0.2) is 0 Å². The number of Topliss-reactive ketones (excluding diaryl/α,β-unsaturated/α-hetero) is 2. The summed E-state index contributed by atoms with van der Waals surface area (Å²) in [5, 5.41) is 0. The molecule has 0 bridgehead atoms. The van der Waals surface area contributed by atoms with E-state index in [0.717, 1.165) is 38.5 Å². The fourth-order valence-corrected chi connectivity index (χ4v) is 6.60. The molecular weight excluding hydrogens is 599 g/mol. The molecule has 0 saturated heterocycles. The maximum absolute atomic E-state index is 12.9. The fraction of sp³-hybridized carbons (Fsp3) is 0.912. The van der Waals surface area contributed by atoms with Gasteiger partial charge in [-0.2, -0.15) is 0 Å². The van der Waals surface area contributed by atoms with Gasteiger partial charge in [-0.15, -0.1) is 0 Å². The summed E-state index contributed by atoms with van der Waals surface area (Å²) < 4.78 is 10.4. The molecule has 0 aliphatic carbocycles. The Morgan fingerprint density at radius 2 is 0.707 bits per heavy atom. The molecule has 2 N–H and O–H groups in total. The Kier molecular flexibility index (Phi) is 28.7. The zero-order chi connectivity index (χ0) is 30.6. The Balaban J connectivity index is 4.09.